The van der Waals surface area contributed by atoms with Crippen molar-refractivity contribution in [2.24, 2.45) is 0 Å². The van der Waals surface area contributed by atoms with Gasteiger partial charge in [0, 0.05) is 19.3 Å². The molecule has 1 heterocycles. The molecule has 1 N–H and O–H groups in total. The Morgan fingerprint density at radius 2 is 2.00 bits per heavy atom. The van der Waals surface area contributed by atoms with Crippen molar-refractivity contribution in [1.29, 1.82) is 0 Å². The van der Waals surface area contributed by atoms with Gasteiger partial charge in [-0.2, -0.15) is 0 Å². The summed E-state index contributed by atoms with van der Waals surface area (Å²) < 4.78 is 24.0. The molecule has 2 rings (SSSR count). The van der Waals surface area contributed by atoms with Gasteiger partial charge in [0.1, 0.15) is 0 Å². The summed E-state index contributed by atoms with van der Waals surface area (Å²) in [6.45, 7) is 8.17. The van der Waals surface area contributed by atoms with E-state index in [1.165, 1.54) is 17.6 Å². The van der Waals surface area contributed by atoms with Gasteiger partial charge in [-0.05, 0) is 31.3 Å². The lowest BCUT2D eigenvalue weighted by Gasteiger charge is -2.17. The Labute approximate surface area is 129 Å². The second kappa shape index (κ2) is 6.72. The van der Waals surface area contributed by atoms with E-state index in [-0.39, 0.29) is 0 Å². The highest BCUT2D eigenvalue weighted by atomic mass is 32.2. The van der Waals surface area contributed by atoms with Crippen molar-refractivity contribution in [2.75, 3.05) is 37.8 Å². The molecule has 0 saturated heterocycles. The molecule has 21 heavy (non-hydrogen) atoms. The van der Waals surface area contributed by atoms with E-state index in [1.807, 2.05) is 0 Å². The Kier molecular flexibility index (Phi) is 5.18. The summed E-state index contributed by atoms with van der Waals surface area (Å²) >= 11 is 1.49. The lowest BCUT2D eigenvalue weighted by molar-refractivity contribution is 0.316. The number of hydrogen-bond acceptors (Lipinski definition) is 6. The van der Waals surface area contributed by atoms with Crippen molar-refractivity contribution in [3.63, 3.8) is 0 Å². The number of aromatic nitrogens is 1. The first-order valence-corrected chi connectivity index (χ1v) is 9.71. The van der Waals surface area contributed by atoms with Gasteiger partial charge in [0.05, 0.1) is 15.1 Å². The van der Waals surface area contributed by atoms with Gasteiger partial charge in [-0.3, -0.25) is 0 Å². The van der Waals surface area contributed by atoms with Crippen LogP contribution in [0.2, 0.25) is 0 Å². The summed E-state index contributed by atoms with van der Waals surface area (Å²) in [5, 5.41) is 4.14. The molecule has 1 aromatic carbocycles. The van der Waals surface area contributed by atoms with Crippen molar-refractivity contribution in [2.45, 2.75) is 18.7 Å². The predicted octanol–water partition coefficient (Wildman–Crippen LogP) is 2.45. The number of nitrogens with one attached hydrogen (secondary N) is 1. The average molecular weight is 327 g/mol. The van der Waals surface area contributed by atoms with E-state index in [9.17, 15) is 8.42 Å². The maximum Gasteiger partial charge on any atom is 0.183 e. The summed E-state index contributed by atoms with van der Waals surface area (Å²) in [6.07, 6.45) is 1.22. The molecule has 0 unspecified atom stereocenters. The molecule has 7 heteroatoms. The van der Waals surface area contributed by atoms with Gasteiger partial charge in [0.2, 0.25) is 0 Å². The second-order valence-electron chi connectivity index (χ2n) is 4.87. The van der Waals surface area contributed by atoms with Crippen LogP contribution in [0.4, 0.5) is 5.13 Å². The number of likely N-dealkylation sites (N-methyl/N-ethyl adjacent to an activating group) is 1. The van der Waals surface area contributed by atoms with Crippen LogP contribution in [0.5, 0.6) is 0 Å². The molecule has 0 amide bonds. The number of rotatable bonds is 7. The molecule has 0 radical (unpaired) electrons. The first kappa shape index (κ1) is 16.2. The van der Waals surface area contributed by atoms with Gasteiger partial charge in [-0.25, -0.2) is 13.4 Å². The Hall–Kier alpha value is -1.18. The van der Waals surface area contributed by atoms with Gasteiger partial charge in [-0.1, -0.05) is 25.2 Å². The number of benzene rings is 1. The zero-order chi connectivity index (χ0) is 15.5. The van der Waals surface area contributed by atoms with E-state index in [2.05, 4.69) is 29.0 Å². The van der Waals surface area contributed by atoms with Crippen molar-refractivity contribution < 1.29 is 8.42 Å². The van der Waals surface area contributed by atoms with Crippen LogP contribution in [0.15, 0.2) is 23.1 Å². The summed E-state index contributed by atoms with van der Waals surface area (Å²) in [5.74, 6) is 0. The van der Waals surface area contributed by atoms with Crippen LogP contribution in [0.25, 0.3) is 10.2 Å². The van der Waals surface area contributed by atoms with E-state index < -0.39 is 9.84 Å². The molecule has 0 aliphatic carbocycles. The van der Waals surface area contributed by atoms with E-state index in [0.29, 0.717) is 4.90 Å². The van der Waals surface area contributed by atoms with E-state index in [4.69, 9.17) is 0 Å². The standard InChI is InChI=1S/C14H21N3O2S2/c1-4-17(5-2)9-8-15-14-16-12-7-6-11(21(3,18)19)10-13(12)20-14/h6-7,10H,4-5,8-9H2,1-3H3,(H,15,16). The molecule has 0 spiro atoms. The van der Waals surface area contributed by atoms with Crippen molar-refractivity contribution in [1.82, 2.24) is 9.88 Å². The fourth-order valence-electron chi connectivity index (χ4n) is 2.07. The number of hydrogen-bond donors (Lipinski definition) is 1. The monoisotopic (exact) mass is 327 g/mol. The van der Waals surface area contributed by atoms with Gasteiger partial charge in [-0.15, -0.1) is 0 Å². The molecule has 0 fully saturated rings. The Morgan fingerprint density at radius 1 is 1.29 bits per heavy atom. The zero-order valence-corrected chi connectivity index (χ0v) is 14.2. The summed E-state index contributed by atoms with van der Waals surface area (Å²) in [5.41, 5.74) is 0.831. The molecule has 0 atom stereocenters. The van der Waals surface area contributed by atoms with Gasteiger partial charge < -0.3 is 10.2 Å². The first-order chi connectivity index (χ1) is 9.94. The lowest BCUT2D eigenvalue weighted by Crippen LogP contribution is -2.28. The largest absolute Gasteiger partial charge is 0.360 e. The third kappa shape index (κ3) is 4.15. The SMILES string of the molecule is CCN(CC)CCNc1nc2ccc(S(C)(=O)=O)cc2s1. The second-order valence-corrected chi connectivity index (χ2v) is 7.92. The summed E-state index contributed by atoms with van der Waals surface area (Å²) in [6, 6.07) is 5.06. The Morgan fingerprint density at radius 3 is 2.62 bits per heavy atom. The van der Waals surface area contributed by atoms with Crippen LogP contribution >= 0.6 is 11.3 Å². The minimum absolute atomic E-state index is 0.341. The normalized spacial score (nSPS) is 12.2. The molecule has 0 aliphatic heterocycles. The van der Waals surface area contributed by atoms with Crippen LogP contribution in [0.1, 0.15) is 13.8 Å². The predicted molar refractivity (Wildman–Crippen MR) is 89.0 cm³/mol. The minimum atomic E-state index is -3.17. The van der Waals surface area contributed by atoms with Gasteiger partial charge in [0.25, 0.3) is 0 Å². The zero-order valence-electron chi connectivity index (χ0n) is 12.6. The van der Waals surface area contributed by atoms with Crippen LogP contribution in [0.3, 0.4) is 0 Å². The van der Waals surface area contributed by atoms with E-state index >= 15 is 0 Å². The van der Waals surface area contributed by atoms with Crippen molar-refractivity contribution in [3.05, 3.63) is 18.2 Å². The van der Waals surface area contributed by atoms with Crippen molar-refractivity contribution >= 4 is 36.5 Å². The molecule has 1 aromatic heterocycles. The smallest absolute Gasteiger partial charge is 0.183 e. The topological polar surface area (TPSA) is 62.3 Å². The molecular weight excluding hydrogens is 306 g/mol. The first-order valence-electron chi connectivity index (χ1n) is 7.01. The number of thiazole rings is 1. The quantitative estimate of drug-likeness (QED) is 0.846. The molecule has 0 saturated carbocycles. The van der Waals surface area contributed by atoms with Crippen molar-refractivity contribution in [3.8, 4) is 0 Å². The lowest BCUT2D eigenvalue weighted by atomic mass is 10.3. The van der Waals surface area contributed by atoms with E-state index in [1.54, 1.807) is 18.2 Å². The molecule has 0 bridgehead atoms. The average Bonchev–Trinajstić information content (AvgIpc) is 2.84. The maximum atomic E-state index is 11.6. The number of sulfone groups is 1. The van der Waals surface area contributed by atoms with Crippen LogP contribution in [-0.4, -0.2) is 50.7 Å². The maximum absolute atomic E-state index is 11.6. The highest BCUT2D eigenvalue weighted by Crippen LogP contribution is 2.27. The molecular formula is C14H21N3O2S2. The van der Waals surface area contributed by atoms with E-state index in [0.717, 1.165) is 41.5 Å². The molecule has 116 valence electrons. The molecule has 5 nitrogen and oxygen atoms in total. The Bertz CT molecular complexity index is 706. The highest BCUT2D eigenvalue weighted by molar-refractivity contribution is 7.90. The number of anilines is 1. The highest BCUT2D eigenvalue weighted by Gasteiger charge is 2.10. The van der Waals surface area contributed by atoms with Crippen LogP contribution in [-0.2, 0) is 9.84 Å². The van der Waals surface area contributed by atoms with Gasteiger partial charge in [0.15, 0.2) is 15.0 Å². The third-order valence-electron chi connectivity index (χ3n) is 3.39. The Balaban J connectivity index is 2.09. The molecule has 2 aromatic rings. The van der Waals surface area contributed by atoms with Gasteiger partial charge >= 0.3 is 0 Å². The summed E-state index contributed by atoms with van der Waals surface area (Å²) in [7, 11) is -3.17. The van der Waals surface area contributed by atoms with Crippen LogP contribution < -0.4 is 5.32 Å². The fraction of sp³-hybridized carbons (Fsp3) is 0.500. The third-order valence-corrected chi connectivity index (χ3v) is 5.47. The summed E-state index contributed by atoms with van der Waals surface area (Å²) in [4.78, 5) is 7.15. The number of fused-ring (bicyclic) bond motifs is 1. The van der Waals surface area contributed by atoms with Crippen LogP contribution in [0, 0.1) is 0 Å². The number of nitrogens with zero attached hydrogens (tertiary/aromatic N) is 2. The minimum Gasteiger partial charge on any atom is -0.360 e. The molecule has 0 aliphatic rings. The fourth-order valence-corrected chi connectivity index (χ4v) is 3.72.